The third-order valence-electron chi connectivity index (χ3n) is 11.3. The van der Waals surface area contributed by atoms with Crippen LogP contribution < -0.4 is 0 Å². The highest BCUT2D eigenvalue weighted by molar-refractivity contribution is 5.14. The average Bonchev–Trinajstić information content (AvgIpc) is 3.05. The molecule has 1 N–H and O–H groups in total. The van der Waals surface area contributed by atoms with Gasteiger partial charge in [-0.25, -0.2) is 0 Å². The van der Waals surface area contributed by atoms with Crippen molar-refractivity contribution in [1.29, 1.82) is 0 Å². The molecule has 4 aliphatic carbocycles. The van der Waals surface area contributed by atoms with Gasteiger partial charge >= 0.3 is 0 Å². The molecule has 0 aliphatic heterocycles. The summed E-state index contributed by atoms with van der Waals surface area (Å²) in [5.74, 6) is 5.12. The monoisotopic (exact) mass is 418 g/mol. The quantitative estimate of drug-likeness (QED) is 0.492. The van der Waals surface area contributed by atoms with Crippen LogP contribution in [0, 0.1) is 46.3 Å². The van der Waals surface area contributed by atoms with E-state index in [0.29, 0.717) is 5.41 Å². The van der Waals surface area contributed by atoms with Crippen molar-refractivity contribution in [2.24, 2.45) is 46.3 Å². The molecule has 0 radical (unpaired) electrons. The fourth-order valence-electron chi connectivity index (χ4n) is 9.44. The van der Waals surface area contributed by atoms with Gasteiger partial charge in [0.15, 0.2) is 0 Å². The molecule has 0 aromatic rings. The molecule has 0 bridgehead atoms. The summed E-state index contributed by atoms with van der Waals surface area (Å²) < 4.78 is 5.70. The van der Waals surface area contributed by atoms with Gasteiger partial charge in [0.05, 0.1) is 11.7 Å². The van der Waals surface area contributed by atoms with Crippen molar-refractivity contribution in [1.82, 2.24) is 0 Å². The Balaban J connectivity index is 1.48. The second kappa shape index (κ2) is 8.36. The molecule has 0 saturated heterocycles. The number of ether oxygens (including phenoxy) is 1. The molecule has 2 nitrogen and oxygen atoms in total. The number of methoxy groups -OCH3 is 1. The van der Waals surface area contributed by atoms with Crippen LogP contribution in [0.15, 0.2) is 0 Å². The number of hydrogen-bond acceptors (Lipinski definition) is 2. The minimum absolute atomic E-state index is 0.104. The minimum Gasteiger partial charge on any atom is -0.389 e. The van der Waals surface area contributed by atoms with E-state index in [1.54, 1.807) is 0 Å². The molecule has 2 heteroatoms. The van der Waals surface area contributed by atoms with Gasteiger partial charge in [0.1, 0.15) is 0 Å². The molecule has 0 unspecified atom stereocenters. The van der Waals surface area contributed by atoms with Crippen molar-refractivity contribution in [3.05, 3.63) is 0 Å². The lowest BCUT2D eigenvalue weighted by Gasteiger charge is -2.64. The van der Waals surface area contributed by atoms with E-state index in [4.69, 9.17) is 4.74 Å². The van der Waals surface area contributed by atoms with Crippen LogP contribution in [0.3, 0.4) is 0 Å². The van der Waals surface area contributed by atoms with Crippen LogP contribution >= 0.6 is 0 Å². The number of rotatable bonds is 6. The highest BCUT2D eigenvalue weighted by Crippen LogP contribution is 2.69. The van der Waals surface area contributed by atoms with Crippen LogP contribution in [0.2, 0.25) is 0 Å². The molecule has 9 atom stereocenters. The van der Waals surface area contributed by atoms with E-state index in [2.05, 4.69) is 34.6 Å². The second-order valence-corrected chi connectivity index (χ2v) is 13.0. The molecule has 4 fully saturated rings. The summed E-state index contributed by atoms with van der Waals surface area (Å²) in [6.45, 7) is 12.4. The molecular formula is C28H50O2. The van der Waals surface area contributed by atoms with Gasteiger partial charge in [0, 0.05) is 13.5 Å². The Labute approximate surface area is 186 Å². The van der Waals surface area contributed by atoms with Gasteiger partial charge in [-0.05, 0) is 97.7 Å². The maximum atomic E-state index is 11.8. The highest BCUT2D eigenvalue weighted by atomic mass is 16.5. The van der Waals surface area contributed by atoms with Gasteiger partial charge in [-0.1, -0.05) is 53.9 Å². The van der Waals surface area contributed by atoms with Crippen LogP contribution in [-0.2, 0) is 4.74 Å². The predicted octanol–water partition coefficient (Wildman–Crippen LogP) is 7.24. The number of fused-ring (bicyclic) bond motifs is 5. The van der Waals surface area contributed by atoms with Crippen molar-refractivity contribution in [3.8, 4) is 0 Å². The molecular weight excluding hydrogens is 368 g/mol. The summed E-state index contributed by atoms with van der Waals surface area (Å²) in [6, 6.07) is 0. The molecule has 0 spiro atoms. The maximum Gasteiger partial charge on any atom is 0.0728 e. The molecule has 0 amide bonds. The first-order valence-electron chi connectivity index (χ1n) is 13.4. The zero-order valence-corrected chi connectivity index (χ0v) is 20.9. The van der Waals surface area contributed by atoms with Crippen molar-refractivity contribution in [2.45, 2.75) is 123 Å². The third-order valence-corrected chi connectivity index (χ3v) is 11.3. The second-order valence-electron chi connectivity index (χ2n) is 13.0. The summed E-state index contributed by atoms with van der Waals surface area (Å²) in [5, 5.41) is 11.8. The van der Waals surface area contributed by atoms with E-state index >= 15 is 0 Å². The van der Waals surface area contributed by atoms with E-state index in [1.807, 2.05) is 7.11 Å². The fraction of sp³-hybridized carbons (Fsp3) is 1.00. The molecule has 4 saturated carbocycles. The first-order valence-corrected chi connectivity index (χ1v) is 13.4. The number of hydrogen-bond donors (Lipinski definition) is 1. The lowest BCUT2D eigenvalue weighted by molar-refractivity contribution is -0.222. The number of aliphatic hydroxyl groups is 1. The fourth-order valence-corrected chi connectivity index (χ4v) is 9.44. The van der Waals surface area contributed by atoms with Gasteiger partial charge in [-0.3, -0.25) is 0 Å². The average molecular weight is 419 g/mol. The third kappa shape index (κ3) is 3.60. The Morgan fingerprint density at radius 3 is 2.37 bits per heavy atom. The van der Waals surface area contributed by atoms with E-state index < -0.39 is 5.60 Å². The Morgan fingerprint density at radius 2 is 1.67 bits per heavy atom. The van der Waals surface area contributed by atoms with Crippen molar-refractivity contribution in [2.75, 3.05) is 7.11 Å². The van der Waals surface area contributed by atoms with E-state index in [-0.39, 0.29) is 11.5 Å². The zero-order chi connectivity index (χ0) is 21.7. The van der Waals surface area contributed by atoms with Crippen LogP contribution in [0.25, 0.3) is 0 Å². The highest BCUT2D eigenvalue weighted by Gasteiger charge is 2.64. The molecule has 0 aromatic carbocycles. The van der Waals surface area contributed by atoms with Crippen molar-refractivity contribution >= 4 is 0 Å². The van der Waals surface area contributed by atoms with Gasteiger partial charge in [0.2, 0.25) is 0 Å². The van der Waals surface area contributed by atoms with E-state index in [9.17, 15) is 5.11 Å². The summed E-state index contributed by atoms with van der Waals surface area (Å²) in [7, 11) is 1.83. The maximum absolute atomic E-state index is 11.8. The van der Waals surface area contributed by atoms with Crippen molar-refractivity contribution in [3.63, 3.8) is 0 Å². The molecule has 0 aromatic heterocycles. The minimum atomic E-state index is -0.497. The predicted molar refractivity (Wildman–Crippen MR) is 125 cm³/mol. The first-order chi connectivity index (χ1) is 14.1. The molecule has 30 heavy (non-hydrogen) atoms. The SMILES string of the molecule is CO[C@@H]1CC[C@]2(C)[C@@H]3CC[C@]4(C)[C@H](CC[C@H]4[C@H](C)CCCC(C)C)[C@H]3CC[C@@]2(O)C1. The van der Waals surface area contributed by atoms with Crippen molar-refractivity contribution < 1.29 is 9.84 Å². The Hall–Kier alpha value is -0.0800. The zero-order valence-electron chi connectivity index (χ0n) is 20.9. The Morgan fingerprint density at radius 1 is 0.900 bits per heavy atom. The van der Waals surface area contributed by atoms with E-state index in [1.165, 1.54) is 51.4 Å². The summed E-state index contributed by atoms with van der Waals surface area (Å²) in [6.07, 6.45) is 15.6. The Kier molecular flexibility index (Phi) is 6.44. The summed E-state index contributed by atoms with van der Waals surface area (Å²) in [5.41, 5.74) is 0.157. The van der Waals surface area contributed by atoms with Gasteiger partial charge in [-0.2, -0.15) is 0 Å². The van der Waals surface area contributed by atoms with Gasteiger partial charge in [0.25, 0.3) is 0 Å². The van der Waals surface area contributed by atoms with Crippen LogP contribution in [-0.4, -0.2) is 23.9 Å². The summed E-state index contributed by atoms with van der Waals surface area (Å²) >= 11 is 0. The van der Waals surface area contributed by atoms with Gasteiger partial charge < -0.3 is 9.84 Å². The molecule has 0 heterocycles. The van der Waals surface area contributed by atoms with E-state index in [0.717, 1.165) is 61.2 Å². The van der Waals surface area contributed by atoms with Crippen LogP contribution in [0.5, 0.6) is 0 Å². The molecule has 4 rings (SSSR count). The first kappa shape index (κ1) is 23.1. The lowest BCUT2D eigenvalue weighted by Crippen LogP contribution is -2.63. The smallest absolute Gasteiger partial charge is 0.0728 e. The molecule has 174 valence electrons. The Bertz CT molecular complexity index is 601. The standard InChI is InChI=1S/C28H50O2/c1-19(2)8-7-9-20(3)23-10-11-24-22-13-17-28(29)18-21(30-6)12-16-27(28,5)25(22)14-15-26(23,24)4/h19-25,29H,7-18H2,1-6H3/t20-,21-,22-,23+,24-,25-,26+,27-,28-/m1/s1. The summed E-state index contributed by atoms with van der Waals surface area (Å²) in [4.78, 5) is 0. The normalized spacial score (nSPS) is 49.4. The van der Waals surface area contributed by atoms with Gasteiger partial charge in [-0.15, -0.1) is 0 Å². The van der Waals surface area contributed by atoms with Crippen LogP contribution in [0.1, 0.15) is 112 Å². The largest absolute Gasteiger partial charge is 0.389 e. The topological polar surface area (TPSA) is 29.5 Å². The van der Waals surface area contributed by atoms with Crippen LogP contribution in [0.4, 0.5) is 0 Å². The molecule has 4 aliphatic rings. The lowest BCUT2D eigenvalue weighted by atomic mass is 9.43.